The summed E-state index contributed by atoms with van der Waals surface area (Å²) in [6, 6.07) is 7.67. The molecule has 3 nitrogen and oxygen atoms in total. The van der Waals surface area contributed by atoms with Gasteiger partial charge in [-0.1, -0.05) is 0 Å². The Balaban J connectivity index is 2.91. The first kappa shape index (κ1) is 8.39. The van der Waals surface area contributed by atoms with Crippen LogP contribution in [0, 0.1) is 6.07 Å². The van der Waals surface area contributed by atoms with Crippen LogP contribution >= 0.6 is 0 Å². The third-order valence-corrected chi connectivity index (χ3v) is 1.87. The Morgan fingerprint density at radius 1 is 1.73 bits per heavy atom. The normalized spacial score (nSPS) is 12.6. The fourth-order valence-electron chi connectivity index (χ4n) is 0.668. The van der Waals surface area contributed by atoms with Crippen molar-refractivity contribution < 1.29 is 9.29 Å². The molecule has 4 heteroatoms. The predicted molar refractivity (Wildman–Crippen MR) is 42.4 cm³/mol. The molecule has 0 saturated carbocycles. The molecule has 0 aromatic heterocycles. The predicted octanol–water partition coefficient (Wildman–Crippen LogP) is 0.477. The summed E-state index contributed by atoms with van der Waals surface area (Å²) in [6.45, 7) is 0. The number of methoxy groups -OCH3 is 1. The molecule has 1 aromatic rings. The number of nitrogens with two attached hydrogens (primary N) is 1. The number of rotatable bonds is 2. The minimum atomic E-state index is -1.48. The molecule has 0 aliphatic carbocycles. The second-order valence-electron chi connectivity index (χ2n) is 1.89. The maximum Gasteiger partial charge on any atom is 0.185 e. The maximum atomic E-state index is 10.7. The van der Waals surface area contributed by atoms with Crippen molar-refractivity contribution in [2.24, 2.45) is 5.14 Å². The Hall–Kier alpha value is -0.710. The van der Waals surface area contributed by atoms with Gasteiger partial charge < -0.3 is 9.29 Å². The van der Waals surface area contributed by atoms with Gasteiger partial charge in [0.2, 0.25) is 0 Å². The van der Waals surface area contributed by atoms with E-state index in [0.717, 1.165) is 0 Å². The highest BCUT2D eigenvalue weighted by Gasteiger charge is 2.05. The second kappa shape index (κ2) is 3.61. The molecule has 0 spiro atoms. The van der Waals surface area contributed by atoms with Crippen molar-refractivity contribution >= 4 is 11.4 Å². The molecule has 59 valence electrons. The standard InChI is InChI=1S/C7H8NO2S/c1-10-6-3-2-4-7(5-6)11(8)9/h2-3,5H,8H2,1H3. The minimum absolute atomic E-state index is 0.448. The van der Waals surface area contributed by atoms with Crippen molar-refractivity contribution in [3.63, 3.8) is 0 Å². The summed E-state index contributed by atoms with van der Waals surface area (Å²) in [5.41, 5.74) is 0. The van der Waals surface area contributed by atoms with E-state index in [1.807, 2.05) is 0 Å². The average molecular weight is 170 g/mol. The fourth-order valence-corrected chi connectivity index (χ4v) is 1.08. The van der Waals surface area contributed by atoms with Crippen LogP contribution in [0.4, 0.5) is 0 Å². The van der Waals surface area contributed by atoms with Crippen molar-refractivity contribution in [2.75, 3.05) is 7.11 Å². The van der Waals surface area contributed by atoms with Gasteiger partial charge in [-0.15, -0.1) is 5.14 Å². The van der Waals surface area contributed by atoms with E-state index in [0.29, 0.717) is 10.6 Å². The van der Waals surface area contributed by atoms with Crippen LogP contribution in [0.5, 0.6) is 5.75 Å². The van der Waals surface area contributed by atoms with Crippen LogP contribution in [0.3, 0.4) is 0 Å². The van der Waals surface area contributed by atoms with Crippen molar-refractivity contribution in [3.8, 4) is 5.75 Å². The van der Waals surface area contributed by atoms with Gasteiger partial charge in [0.25, 0.3) is 0 Å². The van der Waals surface area contributed by atoms with Gasteiger partial charge >= 0.3 is 0 Å². The summed E-state index contributed by atoms with van der Waals surface area (Å²) < 4.78 is 15.6. The number of benzene rings is 1. The van der Waals surface area contributed by atoms with Gasteiger partial charge in [0.05, 0.1) is 18.5 Å². The minimum Gasteiger partial charge on any atom is -0.593 e. The van der Waals surface area contributed by atoms with Crippen molar-refractivity contribution in [2.45, 2.75) is 4.90 Å². The highest BCUT2D eigenvalue weighted by Crippen LogP contribution is 2.14. The van der Waals surface area contributed by atoms with E-state index in [-0.39, 0.29) is 0 Å². The molecular weight excluding hydrogens is 162 g/mol. The molecule has 1 unspecified atom stereocenters. The van der Waals surface area contributed by atoms with Gasteiger partial charge in [-0.25, -0.2) is 0 Å². The zero-order chi connectivity index (χ0) is 8.27. The zero-order valence-corrected chi connectivity index (χ0v) is 6.85. The molecule has 1 radical (unpaired) electrons. The van der Waals surface area contributed by atoms with Crippen LogP contribution in [-0.2, 0) is 11.4 Å². The molecule has 0 aliphatic rings. The molecule has 2 N–H and O–H groups in total. The molecule has 11 heavy (non-hydrogen) atoms. The highest BCUT2D eigenvalue weighted by atomic mass is 32.2. The third kappa shape index (κ3) is 2.11. The molecule has 0 heterocycles. The van der Waals surface area contributed by atoms with Gasteiger partial charge in [0.1, 0.15) is 5.75 Å². The average Bonchev–Trinajstić information content (AvgIpc) is 2.05. The summed E-state index contributed by atoms with van der Waals surface area (Å²) >= 11 is -1.48. The van der Waals surface area contributed by atoms with Crippen LogP contribution in [-0.4, -0.2) is 11.7 Å². The summed E-state index contributed by atoms with van der Waals surface area (Å²) in [7, 11) is 1.54. The van der Waals surface area contributed by atoms with Gasteiger partial charge in [0.15, 0.2) is 4.90 Å². The molecule has 0 amide bonds. The Morgan fingerprint density at radius 2 is 2.45 bits per heavy atom. The van der Waals surface area contributed by atoms with E-state index in [2.05, 4.69) is 6.07 Å². The lowest BCUT2D eigenvalue weighted by Gasteiger charge is -2.03. The lowest BCUT2D eigenvalue weighted by molar-refractivity contribution is 0.413. The first-order valence-corrected chi connectivity index (χ1v) is 4.17. The first-order valence-electron chi connectivity index (χ1n) is 2.96. The molecule has 0 saturated heterocycles. The fraction of sp³-hybridized carbons (Fsp3) is 0.143. The van der Waals surface area contributed by atoms with E-state index >= 15 is 0 Å². The van der Waals surface area contributed by atoms with Gasteiger partial charge in [0, 0.05) is 12.1 Å². The quantitative estimate of drug-likeness (QED) is 0.656. The molecule has 1 atom stereocenters. The highest BCUT2D eigenvalue weighted by molar-refractivity contribution is 7.89. The lowest BCUT2D eigenvalue weighted by atomic mass is 10.3. The van der Waals surface area contributed by atoms with Crippen molar-refractivity contribution in [1.82, 2.24) is 0 Å². The Bertz CT molecular complexity index is 240. The zero-order valence-electron chi connectivity index (χ0n) is 6.03. The number of hydrogen-bond donors (Lipinski definition) is 1. The topological polar surface area (TPSA) is 58.3 Å². The monoisotopic (exact) mass is 170 g/mol. The van der Waals surface area contributed by atoms with Crippen molar-refractivity contribution in [3.05, 3.63) is 24.3 Å². The molecule has 1 rings (SSSR count). The van der Waals surface area contributed by atoms with E-state index < -0.39 is 11.4 Å². The summed E-state index contributed by atoms with van der Waals surface area (Å²) in [6.07, 6.45) is 0. The van der Waals surface area contributed by atoms with Crippen LogP contribution in [0.1, 0.15) is 0 Å². The Kier molecular flexibility index (Phi) is 2.76. The van der Waals surface area contributed by atoms with E-state index in [1.165, 1.54) is 0 Å². The largest absolute Gasteiger partial charge is 0.593 e. The van der Waals surface area contributed by atoms with Crippen LogP contribution in [0.15, 0.2) is 23.1 Å². The van der Waals surface area contributed by atoms with E-state index in [4.69, 9.17) is 9.88 Å². The maximum absolute atomic E-state index is 10.7. The Morgan fingerprint density at radius 3 is 3.00 bits per heavy atom. The molecular formula is C7H8NO2S. The van der Waals surface area contributed by atoms with Crippen molar-refractivity contribution in [1.29, 1.82) is 0 Å². The summed E-state index contributed by atoms with van der Waals surface area (Å²) in [5.74, 6) is 0.637. The molecule has 0 bridgehead atoms. The molecule has 0 fully saturated rings. The molecule has 0 aliphatic heterocycles. The third-order valence-electron chi connectivity index (χ3n) is 1.20. The van der Waals surface area contributed by atoms with Gasteiger partial charge in [-0.05, 0) is 12.1 Å². The smallest absolute Gasteiger partial charge is 0.185 e. The second-order valence-corrected chi connectivity index (χ2v) is 2.92. The lowest BCUT2D eigenvalue weighted by Crippen LogP contribution is -2.12. The van der Waals surface area contributed by atoms with Gasteiger partial charge in [-0.3, -0.25) is 0 Å². The van der Waals surface area contributed by atoms with Gasteiger partial charge in [-0.2, -0.15) is 0 Å². The summed E-state index contributed by atoms with van der Waals surface area (Å²) in [5, 5.41) is 5.12. The first-order chi connectivity index (χ1) is 5.24. The Labute approximate surface area is 68.5 Å². The van der Waals surface area contributed by atoms with Crippen LogP contribution < -0.4 is 9.88 Å². The van der Waals surface area contributed by atoms with Crippen LogP contribution in [0.25, 0.3) is 0 Å². The SMILES string of the molecule is COc1cc[c]c([S+](N)[O-])c1. The summed E-state index contributed by atoms with van der Waals surface area (Å²) in [4.78, 5) is 0.448. The number of hydrogen-bond acceptors (Lipinski definition) is 3. The number of ether oxygens (including phenoxy) is 1. The molecule has 1 aromatic carbocycles. The van der Waals surface area contributed by atoms with Crippen LogP contribution in [0.2, 0.25) is 0 Å². The van der Waals surface area contributed by atoms with E-state index in [9.17, 15) is 4.55 Å². The van der Waals surface area contributed by atoms with E-state index in [1.54, 1.807) is 25.3 Å².